The average molecular weight is 267 g/mol. The van der Waals surface area contributed by atoms with Gasteiger partial charge in [0, 0.05) is 0 Å². The Morgan fingerprint density at radius 1 is 1.47 bits per heavy atom. The third-order valence-corrected chi connectivity index (χ3v) is 3.52. The summed E-state index contributed by atoms with van der Waals surface area (Å²) in [5, 5.41) is 26.7. The molecule has 1 heterocycles. The van der Waals surface area contributed by atoms with Gasteiger partial charge in [-0.2, -0.15) is 0 Å². The number of carboxylic acids is 1. The fourth-order valence-electron chi connectivity index (χ4n) is 2.13. The molecule has 1 aliphatic rings. The van der Waals surface area contributed by atoms with E-state index >= 15 is 0 Å². The second-order valence-electron chi connectivity index (χ2n) is 5.71. The first-order chi connectivity index (χ1) is 8.99. The molecule has 1 saturated carbocycles. The standard InChI is InChI=1S/C13H21N3O3/c1-8(2)3-6-10-12(13(18)19)14-15-16(10)7-11(17)9-4-5-9/h8-9,11,17H,3-7H2,1-2H3,(H,18,19). The van der Waals surface area contributed by atoms with Crippen molar-refractivity contribution in [2.24, 2.45) is 11.8 Å². The van der Waals surface area contributed by atoms with Crippen molar-refractivity contribution < 1.29 is 15.0 Å². The van der Waals surface area contributed by atoms with Gasteiger partial charge in [0.25, 0.3) is 0 Å². The van der Waals surface area contributed by atoms with Crippen LogP contribution in [0, 0.1) is 11.8 Å². The summed E-state index contributed by atoms with van der Waals surface area (Å²) < 4.78 is 1.56. The maximum Gasteiger partial charge on any atom is 0.358 e. The lowest BCUT2D eigenvalue weighted by molar-refractivity contribution is 0.0688. The molecule has 0 aliphatic heterocycles. The van der Waals surface area contributed by atoms with Crippen molar-refractivity contribution in [2.45, 2.75) is 52.2 Å². The average Bonchev–Trinajstić information content (AvgIpc) is 3.09. The van der Waals surface area contributed by atoms with E-state index in [9.17, 15) is 9.90 Å². The Balaban J connectivity index is 2.13. The van der Waals surface area contributed by atoms with Gasteiger partial charge in [-0.25, -0.2) is 9.48 Å². The highest BCUT2D eigenvalue weighted by Gasteiger charge is 2.31. The largest absolute Gasteiger partial charge is 0.476 e. The molecule has 2 rings (SSSR count). The van der Waals surface area contributed by atoms with Gasteiger partial charge in [0.05, 0.1) is 18.3 Å². The van der Waals surface area contributed by atoms with Gasteiger partial charge in [0.1, 0.15) is 0 Å². The van der Waals surface area contributed by atoms with Crippen LogP contribution < -0.4 is 0 Å². The lowest BCUT2D eigenvalue weighted by Gasteiger charge is -2.12. The third kappa shape index (κ3) is 3.53. The first-order valence-corrected chi connectivity index (χ1v) is 6.82. The molecule has 0 bridgehead atoms. The summed E-state index contributed by atoms with van der Waals surface area (Å²) in [4.78, 5) is 11.1. The fraction of sp³-hybridized carbons (Fsp3) is 0.769. The number of aliphatic hydroxyl groups excluding tert-OH is 1. The Morgan fingerprint density at radius 3 is 2.68 bits per heavy atom. The van der Waals surface area contributed by atoms with Crippen LogP contribution in [0.2, 0.25) is 0 Å². The number of aromatic nitrogens is 3. The van der Waals surface area contributed by atoms with Crippen LogP contribution >= 0.6 is 0 Å². The van der Waals surface area contributed by atoms with Crippen LogP contribution in [0.3, 0.4) is 0 Å². The topological polar surface area (TPSA) is 88.2 Å². The zero-order valence-corrected chi connectivity index (χ0v) is 11.4. The molecule has 0 spiro atoms. The Kier molecular flexibility index (Phi) is 4.19. The number of carboxylic acid groups (broad SMARTS) is 1. The SMILES string of the molecule is CC(C)CCc1c(C(=O)O)nnn1CC(O)C1CC1. The summed E-state index contributed by atoms with van der Waals surface area (Å²) in [5.41, 5.74) is 0.643. The summed E-state index contributed by atoms with van der Waals surface area (Å²) in [6.45, 7) is 4.53. The highest BCUT2D eigenvalue weighted by Crippen LogP contribution is 2.33. The first-order valence-electron chi connectivity index (χ1n) is 6.82. The summed E-state index contributed by atoms with van der Waals surface area (Å²) in [6.07, 6.45) is 3.16. The van der Waals surface area contributed by atoms with Gasteiger partial charge in [0.15, 0.2) is 5.69 Å². The number of carbonyl (C=O) groups is 1. The van der Waals surface area contributed by atoms with E-state index in [4.69, 9.17) is 5.11 Å². The molecule has 2 N–H and O–H groups in total. The second kappa shape index (κ2) is 5.69. The Bertz CT molecular complexity index is 452. The molecule has 1 fully saturated rings. The molecule has 1 aliphatic carbocycles. The second-order valence-corrected chi connectivity index (χ2v) is 5.71. The maximum atomic E-state index is 11.1. The summed E-state index contributed by atoms with van der Waals surface area (Å²) in [7, 11) is 0. The monoisotopic (exact) mass is 267 g/mol. The number of nitrogens with zero attached hydrogens (tertiary/aromatic N) is 3. The summed E-state index contributed by atoms with van der Waals surface area (Å²) in [5.74, 6) is -0.223. The van der Waals surface area contributed by atoms with Gasteiger partial charge in [-0.15, -0.1) is 5.10 Å². The van der Waals surface area contributed by atoms with Crippen molar-refractivity contribution in [2.75, 3.05) is 0 Å². The van der Waals surface area contributed by atoms with E-state index in [1.807, 2.05) is 0 Å². The van der Waals surface area contributed by atoms with E-state index in [1.54, 1.807) is 4.68 Å². The van der Waals surface area contributed by atoms with Crippen LogP contribution in [0.4, 0.5) is 0 Å². The Morgan fingerprint density at radius 2 is 2.16 bits per heavy atom. The van der Waals surface area contributed by atoms with E-state index in [0.29, 0.717) is 30.5 Å². The van der Waals surface area contributed by atoms with Crippen LogP contribution in [0.15, 0.2) is 0 Å². The first kappa shape index (κ1) is 14.0. The number of hydrogen-bond donors (Lipinski definition) is 2. The molecule has 1 unspecified atom stereocenters. The number of aliphatic hydroxyl groups is 1. The van der Waals surface area contributed by atoms with Crippen molar-refractivity contribution in [3.05, 3.63) is 11.4 Å². The highest BCUT2D eigenvalue weighted by atomic mass is 16.4. The van der Waals surface area contributed by atoms with Crippen LogP contribution in [0.25, 0.3) is 0 Å². The quantitative estimate of drug-likeness (QED) is 0.778. The van der Waals surface area contributed by atoms with Crippen molar-refractivity contribution in [1.29, 1.82) is 0 Å². The molecule has 6 heteroatoms. The van der Waals surface area contributed by atoms with E-state index in [0.717, 1.165) is 19.3 Å². The molecule has 6 nitrogen and oxygen atoms in total. The summed E-state index contributed by atoms with van der Waals surface area (Å²) >= 11 is 0. The van der Waals surface area contributed by atoms with Gasteiger partial charge in [0.2, 0.25) is 0 Å². The highest BCUT2D eigenvalue weighted by molar-refractivity contribution is 5.86. The van der Waals surface area contributed by atoms with E-state index in [1.165, 1.54) is 0 Å². The van der Waals surface area contributed by atoms with Crippen LogP contribution in [-0.2, 0) is 13.0 Å². The number of hydrogen-bond acceptors (Lipinski definition) is 4. The molecular formula is C13H21N3O3. The van der Waals surface area contributed by atoms with E-state index in [-0.39, 0.29) is 5.69 Å². The summed E-state index contributed by atoms with van der Waals surface area (Å²) in [6, 6.07) is 0. The van der Waals surface area contributed by atoms with Gasteiger partial charge in [-0.1, -0.05) is 19.1 Å². The minimum Gasteiger partial charge on any atom is -0.476 e. The smallest absolute Gasteiger partial charge is 0.358 e. The zero-order valence-electron chi connectivity index (χ0n) is 11.4. The fourth-order valence-corrected chi connectivity index (χ4v) is 2.13. The molecule has 0 radical (unpaired) electrons. The Hall–Kier alpha value is -1.43. The van der Waals surface area contributed by atoms with Gasteiger partial charge >= 0.3 is 5.97 Å². The van der Waals surface area contributed by atoms with E-state index in [2.05, 4.69) is 24.2 Å². The van der Waals surface area contributed by atoms with E-state index < -0.39 is 12.1 Å². The van der Waals surface area contributed by atoms with Crippen molar-refractivity contribution in [1.82, 2.24) is 15.0 Å². The minimum absolute atomic E-state index is 0.0173. The molecule has 19 heavy (non-hydrogen) atoms. The van der Waals surface area contributed by atoms with Crippen LogP contribution in [-0.4, -0.2) is 37.3 Å². The van der Waals surface area contributed by atoms with Crippen LogP contribution in [0.1, 0.15) is 49.3 Å². The van der Waals surface area contributed by atoms with Crippen molar-refractivity contribution in [3.8, 4) is 0 Å². The number of aromatic carboxylic acids is 1. The predicted molar refractivity (Wildman–Crippen MR) is 68.9 cm³/mol. The van der Waals surface area contributed by atoms with Crippen molar-refractivity contribution in [3.63, 3.8) is 0 Å². The molecule has 0 aromatic carbocycles. The molecule has 1 atom stereocenters. The van der Waals surface area contributed by atoms with Crippen LogP contribution in [0.5, 0.6) is 0 Å². The zero-order chi connectivity index (χ0) is 14.0. The predicted octanol–water partition coefficient (Wildman–Crippen LogP) is 1.34. The normalized spacial score (nSPS) is 16.8. The minimum atomic E-state index is -1.05. The Labute approximate surface area is 112 Å². The third-order valence-electron chi connectivity index (χ3n) is 3.52. The van der Waals surface area contributed by atoms with Crippen molar-refractivity contribution >= 4 is 5.97 Å². The molecule has 1 aromatic heterocycles. The molecule has 0 amide bonds. The lowest BCUT2D eigenvalue weighted by atomic mass is 10.1. The molecular weight excluding hydrogens is 246 g/mol. The lowest BCUT2D eigenvalue weighted by Crippen LogP contribution is -2.21. The number of rotatable bonds is 7. The van der Waals surface area contributed by atoms with Gasteiger partial charge in [-0.05, 0) is 37.5 Å². The maximum absolute atomic E-state index is 11.1. The molecule has 0 saturated heterocycles. The van der Waals surface area contributed by atoms with Gasteiger partial charge < -0.3 is 10.2 Å². The molecule has 106 valence electrons. The van der Waals surface area contributed by atoms with Gasteiger partial charge in [-0.3, -0.25) is 0 Å². The molecule has 1 aromatic rings.